The van der Waals surface area contributed by atoms with Crippen molar-refractivity contribution in [2.45, 2.75) is 13.8 Å². The summed E-state index contributed by atoms with van der Waals surface area (Å²) >= 11 is 0. The third-order valence-corrected chi connectivity index (χ3v) is 8.67. The van der Waals surface area contributed by atoms with Gasteiger partial charge in [0, 0.05) is 29.7 Å². The lowest BCUT2D eigenvalue weighted by Gasteiger charge is -2.22. The summed E-state index contributed by atoms with van der Waals surface area (Å²) in [6.45, 7) is 2.82. The van der Waals surface area contributed by atoms with Crippen molar-refractivity contribution < 1.29 is 16.8 Å². The summed E-state index contributed by atoms with van der Waals surface area (Å²) in [5.41, 5.74) is 2.47. The topological polar surface area (TPSA) is 89.3 Å². The molecule has 0 spiro atoms. The summed E-state index contributed by atoms with van der Waals surface area (Å²) < 4.78 is 52.4. The van der Waals surface area contributed by atoms with E-state index >= 15 is 0 Å². The second kappa shape index (κ2) is 6.97. The highest BCUT2D eigenvalue weighted by Gasteiger charge is 2.32. The van der Waals surface area contributed by atoms with Crippen LogP contribution in [0.2, 0.25) is 0 Å². The molecule has 2 aromatic heterocycles. The standard InChI is InChI=1S/C18H21N3O4S2/c1-4-26(22,23)21(27(24,25)5-2)16-10-15(12-19-13-16)18-11-14-8-6-7-9-17(14)20(18)3/h6-13H,4-5H2,1-3H3. The highest BCUT2D eigenvalue weighted by Crippen LogP contribution is 2.30. The van der Waals surface area contributed by atoms with Crippen LogP contribution in [0.5, 0.6) is 0 Å². The Hall–Kier alpha value is -2.39. The fraction of sp³-hybridized carbons (Fsp3) is 0.278. The van der Waals surface area contributed by atoms with Gasteiger partial charge in [-0.1, -0.05) is 18.2 Å². The van der Waals surface area contributed by atoms with Gasteiger partial charge in [0.1, 0.15) is 0 Å². The van der Waals surface area contributed by atoms with E-state index in [1.54, 1.807) is 12.3 Å². The first kappa shape index (κ1) is 19.4. The average Bonchev–Trinajstić information content (AvgIpc) is 2.99. The second-order valence-corrected chi connectivity index (χ2v) is 10.5. The van der Waals surface area contributed by atoms with E-state index in [9.17, 15) is 16.8 Å². The van der Waals surface area contributed by atoms with Crippen LogP contribution in [-0.4, -0.2) is 37.9 Å². The fourth-order valence-electron chi connectivity index (χ4n) is 2.96. The number of hydrogen-bond donors (Lipinski definition) is 0. The Balaban J connectivity index is 2.20. The van der Waals surface area contributed by atoms with Gasteiger partial charge in [-0.2, -0.15) is 3.71 Å². The van der Waals surface area contributed by atoms with Crippen molar-refractivity contribution in [1.29, 1.82) is 0 Å². The Morgan fingerprint density at radius 1 is 0.963 bits per heavy atom. The van der Waals surface area contributed by atoms with Crippen molar-refractivity contribution in [1.82, 2.24) is 9.55 Å². The van der Waals surface area contributed by atoms with E-state index in [-0.39, 0.29) is 17.2 Å². The van der Waals surface area contributed by atoms with Crippen LogP contribution >= 0.6 is 0 Å². The van der Waals surface area contributed by atoms with E-state index in [1.807, 2.05) is 41.9 Å². The molecule has 0 fully saturated rings. The van der Waals surface area contributed by atoms with Gasteiger partial charge >= 0.3 is 0 Å². The van der Waals surface area contributed by atoms with Crippen molar-refractivity contribution in [2.75, 3.05) is 15.2 Å². The lowest BCUT2D eigenvalue weighted by Crippen LogP contribution is -2.39. The molecule has 0 saturated carbocycles. The Morgan fingerprint density at radius 2 is 1.59 bits per heavy atom. The molecule has 0 aliphatic rings. The molecular formula is C18H21N3O4S2. The molecule has 0 aliphatic carbocycles. The van der Waals surface area contributed by atoms with Crippen molar-refractivity contribution in [3.63, 3.8) is 0 Å². The second-order valence-electron chi connectivity index (χ2n) is 6.08. The zero-order valence-electron chi connectivity index (χ0n) is 15.3. The van der Waals surface area contributed by atoms with E-state index in [2.05, 4.69) is 4.98 Å². The number of rotatable bonds is 6. The number of para-hydroxylation sites is 1. The minimum Gasteiger partial charge on any atom is -0.344 e. The number of aryl methyl sites for hydroxylation is 1. The number of anilines is 1. The number of nitrogens with zero attached hydrogens (tertiary/aromatic N) is 3. The molecule has 0 aliphatic heterocycles. The molecule has 1 aromatic carbocycles. The molecule has 3 aromatic rings. The zero-order chi connectivity index (χ0) is 19.8. The lowest BCUT2D eigenvalue weighted by atomic mass is 10.2. The van der Waals surface area contributed by atoms with E-state index < -0.39 is 20.0 Å². The third kappa shape index (κ3) is 3.44. The van der Waals surface area contributed by atoms with Gasteiger partial charge in [-0.15, -0.1) is 0 Å². The molecule has 27 heavy (non-hydrogen) atoms. The zero-order valence-corrected chi connectivity index (χ0v) is 17.0. The van der Waals surface area contributed by atoms with Crippen LogP contribution in [0.4, 0.5) is 5.69 Å². The Bertz CT molecular complexity index is 1160. The Morgan fingerprint density at radius 3 is 2.19 bits per heavy atom. The summed E-state index contributed by atoms with van der Waals surface area (Å²) in [5, 5.41) is 1.03. The first-order valence-electron chi connectivity index (χ1n) is 8.47. The first-order chi connectivity index (χ1) is 12.7. The molecule has 0 radical (unpaired) electrons. The van der Waals surface area contributed by atoms with Crippen LogP contribution in [0.25, 0.3) is 22.2 Å². The summed E-state index contributed by atoms with van der Waals surface area (Å²) in [6, 6.07) is 11.3. The number of aromatic nitrogens is 2. The van der Waals surface area contributed by atoms with Gasteiger partial charge in [0.2, 0.25) is 20.0 Å². The molecule has 0 atom stereocenters. The smallest absolute Gasteiger partial charge is 0.248 e. The molecule has 0 amide bonds. The van der Waals surface area contributed by atoms with Gasteiger partial charge in [-0.25, -0.2) is 16.8 Å². The molecule has 0 N–H and O–H groups in total. The van der Waals surface area contributed by atoms with Crippen molar-refractivity contribution in [2.24, 2.45) is 7.05 Å². The molecule has 0 saturated heterocycles. The summed E-state index contributed by atoms with van der Waals surface area (Å²) in [5.74, 6) is -0.658. The molecule has 144 valence electrons. The summed E-state index contributed by atoms with van der Waals surface area (Å²) in [6.07, 6.45) is 2.85. The SMILES string of the molecule is CCS(=O)(=O)N(c1cncc(-c2cc3ccccc3n2C)c1)S(=O)(=O)CC. The third-order valence-electron chi connectivity index (χ3n) is 4.42. The van der Waals surface area contributed by atoms with Crippen LogP contribution in [-0.2, 0) is 27.1 Å². The summed E-state index contributed by atoms with van der Waals surface area (Å²) in [4.78, 5) is 4.10. The molecule has 3 rings (SSSR count). The minimum absolute atomic E-state index is 0.0152. The number of sulfonamides is 2. The minimum atomic E-state index is -4.02. The molecule has 0 unspecified atom stereocenters. The highest BCUT2D eigenvalue weighted by molar-refractivity contribution is 8.10. The fourth-order valence-corrected chi connectivity index (χ4v) is 6.29. The number of hydrogen-bond acceptors (Lipinski definition) is 5. The lowest BCUT2D eigenvalue weighted by molar-refractivity contribution is 0.585. The predicted octanol–water partition coefficient (Wildman–Crippen LogP) is 2.75. The van der Waals surface area contributed by atoms with Crippen LogP contribution in [0.3, 0.4) is 0 Å². The average molecular weight is 408 g/mol. The van der Waals surface area contributed by atoms with Crippen LogP contribution in [0.15, 0.2) is 48.8 Å². The van der Waals surface area contributed by atoms with Gasteiger partial charge < -0.3 is 4.57 Å². The highest BCUT2D eigenvalue weighted by atomic mass is 32.3. The summed E-state index contributed by atoms with van der Waals surface area (Å²) in [7, 11) is -6.14. The maximum atomic E-state index is 12.5. The Kier molecular flexibility index (Phi) is 5.00. The van der Waals surface area contributed by atoms with E-state index in [4.69, 9.17) is 0 Å². The maximum Gasteiger partial charge on any atom is 0.248 e. The molecule has 7 nitrogen and oxygen atoms in total. The first-order valence-corrected chi connectivity index (χ1v) is 11.7. The van der Waals surface area contributed by atoms with Crippen molar-refractivity contribution in [3.8, 4) is 11.3 Å². The van der Waals surface area contributed by atoms with Gasteiger partial charge in [0.25, 0.3) is 0 Å². The molecule has 2 heterocycles. The van der Waals surface area contributed by atoms with Gasteiger partial charge in [-0.3, -0.25) is 4.98 Å². The molecule has 0 bridgehead atoms. The normalized spacial score (nSPS) is 12.4. The van der Waals surface area contributed by atoms with E-state index in [0.29, 0.717) is 9.27 Å². The number of benzene rings is 1. The monoisotopic (exact) mass is 407 g/mol. The Labute approximate surface area is 159 Å². The quantitative estimate of drug-likeness (QED) is 0.627. The van der Waals surface area contributed by atoms with Gasteiger partial charge in [-0.05, 0) is 32.0 Å². The molecule has 9 heteroatoms. The maximum absolute atomic E-state index is 12.5. The van der Waals surface area contributed by atoms with Crippen molar-refractivity contribution in [3.05, 3.63) is 48.8 Å². The van der Waals surface area contributed by atoms with Crippen molar-refractivity contribution >= 4 is 36.6 Å². The van der Waals surface area contributed by atoms with E-state index in [1.165, 1.54) is 20.0 Å². The van der Waals surface area contributed by atoms with Crippen LogP contribution < -0.4 is 3.71 Å². The number of fused-ring (bicyclic) bond motifs is 1. The molecular weight excluding hydrogens is 386 g/mol. The van der Waals surface area contributed by atoms with Crippen LogP contribution in [0, 0.1) is 0 Å². The largest absolute Gasteiger partial charge is 0.344 e. The predicted molar refractivity (Wildman–Crippen MR) is 108 cm³/mol. The number of pyridine rings is 1. The van der Waals surface area contributed by atoms with E-state index in [0.717, 1.165) is 16.6 Å². The van der Waals surface area contributed by atoms with Gasteiger partial charge in [0.05, 0.1) is 29.1 Å². The van der Waals surface area contributed by atoms with Crippen LogP contribution in [0.1, 0.15) is 13.8 Å². The van der Waals surface area contributed by atoms with Gasteiger partial charge in [0.15, 0.2) is 0 Å².